The number of nitrogens with one attached hydrogen (secondary N) is 2. The smallest absolute Gasteiger partial charge is 0.199 e. The minimum Gasteiger partial charge on any atom is -0.494 e. The van der Waals surface area contributed by atoms with Crippen LogP contribution in [0.2, 0.25) is 0 Å². The van der Waals surface area contributed by atoms with Gasteiger partial charge < -0.3 is 15.4 Å². The third-order valence-corrected chi connectivity index (χ3v) is 5.00. The molecule has 0 fully saturated rings. The third kappa shape index (κ3) is 3.27. The fraction of sp³-hybridized carbons (Fsp3) is 0.0833. The summed E-state index contributed by atoms with van der Waals surface area (Å²) in [4.78, 5) is 12.5. The molecular weight excluding hydrogens is 360 g/mol. The summed E-state index contributed by atoms with van der Waals surface area (Å²) in [6, 6.07) is 25.8. The molecule has 4 aromatic rings. The summed E-state index contributed by atoms with van der Waals surface area (Å²) < 4.78 is 0. The van der Waals surface area contributed by atoms with Crippen LogP contribution in [0.15, 0.2) is 88.8 Å². The summed E-state index contributed by atoms with van der Waals surface area (Å²) in [7, 11) is 0. The van der Waals surface area contributed by atoms with Gasteiger partial charge in [0.1, 0.15) is 5.84 Å². The molecule has 1 aliphatic heterocycles. The van der Waals surface area contributed by atoms with Crippen LogP contribution in [0.25, 0.3) is 10.9 Å². The largest absolute Gasteiger partial charge is 0.494 e. The zero-order valence-corrected chi connectivity index (χ0v) is 15.8. The highest BCUT2D eigenvalue weighted by Crippen LogP contribution is 2.31. The molecule has 0 saturated carbocycles. The van der Waals surface area contributed by atoms with Crippen LogP contribution in [0.4, 0.5) is 5.69 Å². The second-order valence-corrected chi connectivity index (χ2v) is 6.93. The molecule has 5 heteroatoms. The van der Waals surface area contributed by atoms with Crippen LogP contribution in [0.3, 0.4) is 0 Å². The van der Waals surface area contributed by atoms with Gasteiger partial charge in [-0.3, -0.25) is 4.99 Å². The highest BCUT2D eigenvalue weighted by molar-refractivity contribution is 6.21. The molecule has 142 valence electrons. The molecule has 0 atom stereocenters. The van der Waals surface area contributed by atoms with Crippen molar-refractivity contribution in [1.29, 1.82) is 0 Å². The highest BCUT2D eigenvalue weighted by atomic mass is 16.3. The van der Waals surface area contributed by atoms with Gasteiger partial charge >= 0.3 is 0 Å². The number of amidine groups is 1. The van der Waals surface area contributed by atoms with E-state index in [2.05, 4.69) is 15.3 Å². The van der Waals surface area contributed by atoms with Gasteiger partial charge in [0.15, 0.2) is 5.88 Å². The molecule has 0 amide bonds. The van der Waals surface area contributed by atoms with E-state index in [9.17, 15) is 5.11 Å². The minimum absolute atomic E-state index is 0.117. The zero-order chi connectivity index (χ0) is 19.6. The second-order valence-electron chi connectivity index (χ2n) is 6.93. The lowest BCUT2D eigenvalue weighted by molar-refractivity contribution is 0.457. The van der Waals surface area contributed by atoms with E-state index >= 15 is 0 Å². The lowest BCUT2D eigenvalue weighted by Gasteiger charge is -2.09. The predicted molar refractivity (Wildman–Crippen MR) is 118 cm³/mol. The number of aromatic hydroxyl groups is 1. The third-order valence-electron chi connectivity index (χ3n) is 5.00. The number of nitrogens with zero attached hydrogens (tertiary/aromatic N) is 2. The number of fused-ring (bicyclic) bond motifs is 1. The Hall–Kier alpha value is -3.86. The molecule has 0 aliphatic carbocycles. The summed E-state index contributed by atoms with van der Waals surface area (Å²) in [6.07, 6.45) is 0. The Labute approximate surface area is 168 Å². The standard InChI is InChI=1S/C24H20N4O/c29-24-21(19-11-4-5-12-20(19)28-24)22(16-7-2-1-3-8-16)27-18-10-6-9-17(15-18)23-25-13-14-26-23/h1-12,15,28-29H,13-14H2,(H,25,26). The van der Waals surface area contributed by atoms with Gasteiger partial charge in [-0.05, 0) is 18.2 Å². The van der Waals surface area contributed by atoms with Crippen LogP contribution >= 0.6 is 0 Å². The number of H-pyrrole nitrogens is 1. The first-order valence-electron chi connectivity index (χ1n) is 9.62. The Balaban J connectivity index is 1.70. The summed E-state index contributed by atoms with van der Waals surface area (Å²) in [5, 5.41) is 14.9. The molecular formula is C24H20N4O. The Morgan fingerprint density at radius 3 is 2.59 bits per heavy atom. The van der Waals surface area contributed by atoms with Crippen LogP contribution in [0.5, 0.6) is 5.88 Å². The van der Waals surface area contributed by atoms with E-state index in [4.69, 9.17) is 4.99 Å². The van der Waals surface area contributed by atoms with Gasteiger partial charge in [-0.1, -0.05) is 60.7 Å². The van der Waals surface area contributed by atoms with E-state index in [0.717, 1.165) is 52.4 Å². The molecule has 5 nitrogen and oxygen atoms in total. The van der Waals surface area contributed by atoms with Crippen molar-refractivity contribution < 1.29 is 5.11 Å². The number of rotatable bonds is 4. The van der Waals surface area contributed by atoms with E-state index in [1.165, 1.54) is 0 Å². The van der Waals surface area contributed by atoms with Crippen LogP contribution in [0, 0.1) is 0 Å². The van der Waals surface area contributed by atoms with Crippen LogP contribution in [0.1, 0.15) is 16.7 Å². The summed E-state index contributed by atoms with van der Waals surface area (Å²) in [6.45, 7) is 1.66. The van der Waals surface area contributed by atoms with Crippen molar-refractivity contribution in [2.45, 2.75) is 0 Å². The molecule has 0 saturated heterocycles. The van der Waals surface area contributed by atoms with Gasteiger partial charge in [-0.25, -0.2) is 4.99 Å². The van der Waals surface area contributed by atoms with Gasteiger partial charge in [0.05, 0.1) is 23.5 Å². The van der Waals surface area contributed by atoms with E-state index in [1.54, 1.807) is 0 Å². The number of benzene rings is 3. The number of aliphatic imine (C=N–C) groups is 2. The molecule has 29 heavy (non-hydrogen) atoms. The fourth-order valence-corrected chi connectivity index (χ4v) is 3.67. The van der Waals surface area contributed by atoms with Gasteiger partial charge in [0.25, 0.3) is 0 Å². The van der Waals surface area contributed by atoms with Gasteiger partial charge in [0, 0.05) is 28.6 Å². The second kappa shape index (κ2) is 7.28. The van der Waals surface area contributed by atoms with E-state index in [1.807, 2.05) is 78.9 Å². The van der Waals surface area contributed by atoms with Crippen molar-refractivity contribution in [2.75, 3.05) is 13.1 Å². The van der Waals surface area contributed by atoms with E-state index < -0.39 is 0 Å². The number of hydrogen-bond acceptors (Lipinski definition) is 4. The van der Waals surface area contributed by atoms with Gasteiger partial charge in [0.2, 0.25) is 0 Å². The maximum Gasteiger partial charge on any atom is 0.199 e. The Morgan fingerprint density at radius 1 is 0.931 bits per heavy atom. The van der Waals surface area contributed by atoms with Crippen molar-refractivity contribution in [3.63, 3.8) is 0 Å². The van der Waals surface area contributed by atoms with Gasteiger partial charge in [-0.15, -0.1) is 0 Å². The molecule has 2 heterocycles. The SMILES string of the molecule is Oc1[nH]c2ccccc2c1C(=Nc1cccc(C2=NCCN2)c1)c1ccccc1. The summed E-state index contributed by atoms with van der Waals surface area (Å²) in [5.74, 6) is 1.02. The topological polar surface area (TPSA) is 72.8 Å². The first kappa shape index (κ1) is 17.3. The normalized spacial score (nSPS) is 14.1. The number of aromatic amines is 1. The molecule has 3 N–H and O–H groups in total. The quantitative estimate of drug-likeness (QED) is 0.459. The molecule has 1 aromatic heterocycles. The van der Waals surface area contributed by atoms with Crippen molar-refractivity contribution in [1.82, 2.24) is 10.3 Å². The van der Waals surface area contributed by atoms with Crippen molar-refractivity contribution >= 4 is 28.1 Å². The maximum atomic E-state index is 10.7. The Morgan fingerprint density at radius 2 is 1.76 bits per heavy atom. The maximum absolute atomic E-state index is 10.7. The highest BCUT2D eigenvalue weighted by Gasteiger charge is 2.18. The summed E-state index contributed by atoms with van der Waals surface area (Å²) >= 11 is 0. The zero-order valence-electron chi connectivity index (χ0n) is 15.8. The van der Waals surface area contributed by atoms with Crippen LogP contribution in [-0.2, 0) is 0 Å². The lowest BCUT2D eigenvalue weighted by atomic mass is 10.0. The van der Waals surface area contributed by atoms with Crippen molar-refractivity contribution in [2.24, 2.45) is 9.98 Å². The number of aromatic nitrogens is 1. The van der Waals surface area contributed by atoms with Crippen molar-refractivity contribution in [3.05, 3.63) is 95.6 Å². The number of hydrogen-bond donors (Lipinski definition) is 3. The minimum atomic E-state index is 0.117. The molecule has 1 aliphatic rings. The molecule has 0 radical (unpaired) electrons. The average Bonchev–Trinajstić information content (AvgIpc) is 3.41. The predicted octanol–water partition coefficient (Wildman–Crippen LogP) is 4.39. The van der Waals surface area contributed by atoms with Crippen molar-refractivity contribution in [3.8, 4) is 5.88 Å². The number of para-hydroxylation sites is 1. The molecule has 0 spiro atoms. The molecule has 5 rings (SSSR count). The first-order chi connectivity index (χ1) is 14.3. The fourth-order valence-electron chi connectivity index (χ4n) is 3.67. The Bertz CT molecular complexity index is 1240. The summed E-state index contributed by atoms with van der Waals surface area (Å²) in [5.41, 5.74) is 5.06. The van der Waals surface area contributed by atoms with Crippen LogP contribution < -0.4 is 5.32 Å². The van der Waals surface area contributed by atoms with E-state index in [-0.39, 0.29) is 5.88 Å². The molecule has 3 aromatic carbocycles. The first-order valence-corrected chi connectivity index (χ1v) is 9.62. The van der Waals surface area contributed by atoms with Crippen LogP contribution in [-0.4, -0.2) is 34.7 Å². The molecule has 0 bridgehead atoms. The average molecular weight is 380 g/mol. The lowest BCUT2D eigenvalue weighted by Crippen LogP contribution is -2.19. The monoisotopic (exact) mass is 380 g/mol. The van der Waals surface area contributed by atoms with Gasteiger partial charge in [-0.2, -0.15) is 0 Å². The van der Waals surface area contributed by atoms with E-state index in [0.29, 0.717) is 5.56 Å². The Kier molecular flexibility index (Phi) is 4.33. The molecule has 0 unspecified atom stereocenters.